The van der Waals surface area contributed by atoms with Crippen LogP contribution in [0.1, 0.15) is 56.7 Å². The topological polar surface area (TPSA) is 12.0 Å². The van der Waals surface area contributed by atoms with Crippen LogP contribution in [0.2, 0.25) is 0 Å². The predicted molar refractivity (Wildman–Crippen MR) is 78.6 cm³/mol. The highest BCUT2D eigenvalue weighted by Gasteiger charge is 2.31. The molecule has 3 heteroatoms. The third-order valence-electron chi connectivity index (χ3n) is 4.50. The lowest BCUT2D eigenvalue weighted by Crippen LogP contribution is -2.32. The Morgan fingerprint density at radius 1 is 1.30 bits per heavy atom. The van der Waals surface area contributed by atoms with Gasteiger partial charge in [0.2, 0.25) is 0 Å². The van der Waals surface area contributed by atoms with Crippen molar-refractivity contribution >= 4 is 0 Å². The molecule has 2 rings (SSSR count). The molecule has 1 N–H and O–H groups in total. The zero-order chi connectivity index (χ0) is 14.7. The highest BCUT2D eigenvalue weighted by molar-refractivity contribution is 5.30. The molecule has 3 atom stereocenters. The molecule has 0 heterocycles. The Labute approximate surface area is 120 Å². The van der Waals surface area contributed by atoms with Gasteiger partial charge in [0, 0.05) is 11.6 Å². The lowest BCUT2D eigenvalue weighted by Gasteiger charge is -2.34. The lowest BCUT2D eigenvalue weighted by atomic mass is 9.76. The highest BCUT2D eigenvalue weighted by Crippen LogP contribution is 2.39. The Balaban J connectivity index is 2.35. The molecular formula is C17H25F2N. The lowest BCUT2D eigenvalue weighted by molar-refractivity contribution is 0.218. The van der Waals surface area contributed by atoms with Crippen LogP contribution in [-0.4, -0.2) is 6.54 Å². The second-order valence-corrected chi connectivity index (χ2v) is 6.16. The summed E-state index contributed by atoms with van der Waals surface area (Å²) < 4.78 is 28.6. The van der Waals surface area contributed by atoms with Gasteiger partial charge < -0.3 is 5.32 Å². The number of hydrogen-bond donors (Lipinski definition) is 1. The fourth-order valence-electron chi connectivity index (χ4n) is 3.47. The van der Waals surface area contributed by atoms with Crippen LogP contribution in [0.3, 0.4) is 0 Å². The van der Waals surface area contributed by atoms with Crippen LogP contribution in [0.25, 0.3) is 0 Å². The fourth-order valence-corrected chi connectivity index (χ4v) is 3.47. The van der Waals surface area contributed by atoms with E-state index in [-0.39, 0.29) is 17.4 Å². The summed E-state index contributed by atoms with van der Waals surface area (Å²) in [5.74, 6) is 0.168. The zero-order valence-electron chi connectivity index (χ0n) is 12.7. The smallest absolute Gasteiger partial charge is 0.133 e. The molecule has 1 aromatic rings. The molecule has 1 aliphatic rings. The van der Waals surface area contributed by atoms with Gasteiger partial charge >= 0.3 is 0 Å². The molecule has 0 aliphatic heterocycles. The monoisotopic (exact) mass is 281 g/mol. The van der Waals surface area contributed by atoms with E-state index in [1.165, 1.54) is 18.6 Å². The maximum absolute atomic E-state index is 14.4. The van der Waals surface area contributed by atoms with E-state index in [9.17, 15) is 8.78 Å². The van der Waals surface area contributed by atoms with Crippen molar-refractivity contribution in [3.8, 4) is 0 Å². The Hall–Kier alpha value is -0.960. The van der Waals surface area contributed by atoms with E-state index in [4.69, 9.17) is 0 Å². The first-order valence-corrected chi connectivity index (χ1v) is 7.72. The van der Waals surface area contributed by atoms with Gasteiger partial charge in [-0.2, -0.15) is 0 Å². The van der Waals surface area contributed by atoms with Gasteiger partial charge in [0.05, 0.1) is 0 Å². The average molecular weight is 281 g/mol. The van der Waals surface area contributed by atoms with Crippen LogP contribution in [0, 0.1) is 30.4 Å². The van der Waals surface area contributed by atoms with E-state index < -0.39 is 5.82 Å². The maximum Gasteiger partial charge on any atom is 0.133 e. The number of benzene rings is 1. The number of rotatable bonds is 4. The Morgan fingerprint density at radius 3 is 2.70 bits per heavy atom. The third kappa shape index (κ3) is 3.20. The first kappa shape index (κ1) is 15.4. The van der Waals surface area contributed by atoms with E-state index in [0.29, 0.717) is 17.4 Å². The number of halogens is 2. The fraction of sp³-hybridized carbons (Fsp3) is 0.647. The first-order valence-electron chi connectivity index (χ1n) is 7.72. The molecule has 1 aromatic carbocycles. The minimum atomic E-state index is -0.419. The van der Waals surface area contributed by atoms with Gasteiger partial charge in [-0.3, -0.25) is 0 Å². The molecule has 0 aromatic heterocycles. The van der Waals surface area contributed by atoms with Crippen molar-refractivity contribution in [3.05, 3.63) is 34.9 Å². The Kier molecular flexibility index (Phi) is 5.14. The van der Waals surface area contributed by atoms with Crippen molar-refractivity contribution in [1.82, 2.24) is 5.32 Å². The molecule has 1 nitrogen and oxygen atoms in total. The molecule has 0 spiro atoms. The Morgan fingerprint density at radius 2 is 2.05 bits per heavy atom. The highest BCUT2D eigenvalue weighted by atomic mass is 19.1. The minimum absolute atomic E-state index is 0.206. The molecular weight excluding hydrogens is 256 g/mol. The molecule has 0 saturated heterocycles. The molecule has 112 valence electrons. The van der Waals surface area contributed by atoms with Crippen LogP contribution in [0.15, 0.2) is 12.1 Å². The summed E-state index contributed by atoms with van der Waals surface area (Å²) in [5, 5.41) is 3.32. The molecule has 1 saturated carbocycles. The van der Waals surface area contributed by atoms with Crippen molar-refractivity contribution in [1.29, 1.82) is 0 Å². The maximum atomic E-state index is 14.4. The van der Waals surface area contributed by atoms with Gasteiger partial charge in [-0.25, -0.2) is 8.78 Å². The van der Waals surface area contributed by atoms with Crippen molar-refractivity contribution in [2.24, 2.45) is 11.8 Å². The van der Waals surface area contributed by atoms with Crippen LogP contribution in [0.5, 0.6) is 0 Å². The molecule has 20 heavy (non-hydrogen) atoms. The summed E-state index contributed by atoms with van der Waals surface area (Å²) in [7, 11) is 0. The Bertz CT molecular complexity index is 459. The van der Waals surface area contributed by atoms with Crippen molar-refractivity contribution in [2.75, 3.05) is 6.54 Å². The molecule has 1 fully saturated rings. The van der Waals surface area contributed by atoms with Gasteiger partial charge in [-0.05, 0) is 49.8 Å². The number of nitrogens with one attached hydrogen (secondary N) is 1. The average Bonchev–Trinajstić information content (AvgIpc) is 2.42. The summed E-state index contributed by atoms with van der Waals surface area (Å²) in [4.78, 5) is 0. The van der Waals surface area contributed by atoms with E-state index in [1.807, 2.05) is 6.92 Å². The largest absolute Gasteiger partial charge is 0.310 e. The number of hydrogen-bond acceptors (Lipinski definition) is 1. The first-order chi connectivity index (χ1) is 9.54. The van der Waals surface area contributed by atoms with Crippen LogP contribution < -0.4 is 5.32 Å². The summed E-state index contributed by atoms with van der Waals surface area (Å²) in [6, 6.07) is 2.70. The molecule has 3 unspecified atom stereocenters. The van der Waals surface area contributed by atoms with Crippen LogP contribution in [0.4, 0.5) is 8.78 Å². The predicted octanol–water partition coefficient (Wildman–Crippen LogP) is 4.75. The molecule has 0 radical (unpaired) electrons. The summed E-state index contributed by atoms with van der Waals surface area (Å²) in [6.07, 6.45) is 4.48. The van der Waals surface area contributed by atoms with Crippen LogP contribution >= 0.6 is 0 Å². The van der Waals surface area contributed by atoms with E-state index in [2.05, 4.69) is 12.2 Å². The van der Waals surface area contributed by atoms with Crippen molar-refractivity contribution in [2.45, 2.75) is 52.5 Å². The van der Waals surface area contributed by atoms with Gasteiger partial charge in [-0.1, -0.05) is 32.8 Å². The van der Waals surface area contributed by atoms with Crippen molar-refractivity contribution in [3.63, 3.8) is 0 Å². The van der Waals surface area contributed by atoms with Crippen molar-refractivity contribution < 1.29 is 8.78 Å². The third-order valence-corrected chi connectivity index (χ3v) is 4.50. The van der Waals surface area contributed by atoms with Gasteiger partial charge in [0.1, 0.15) is 11.6 Å². The second-order valence-electron chi connectivity index (χ2n) is 6.16. The second kappa shape index (κ2) is 6.66. The molecule has 0 bridgehead atoms. The van der Waals surface area contributed by atoms with E-state index in [1.54, 1.807) is 6.92 Å². The molecule has 1 aliphatic carbocycles. The minimum Gasteiger partial charge on any atom is -0.310 e. The summed E-state index contributed by atoms with van der Waals surface area (Å²) in [5.41, 5.74) is 0.763. The van der Waals surface area contributed by atoms with Gasteiger partial charge in [0.15, 0.2) is 0 Å². The number of aryl methyl sites for hydroxylation is 1. The standard InChI is InChI=1S/C17H25F2N/c1-4-20-17(13-7-5-6-11(2)10-13)15-14(18)9-8-12(3)16(15)19/h8-9,11,13,17,20H,4-7,10H2,1-3H3. The summed E-state index contributed by atoms with van der Waals surface area (Å²) in [6.45, 7) is 6.65. The molecule has 0 amide bonds. The summed E-state index contributed by atoms with van der Waals surface area (Å²) >= 11 is 0. The van der Waals surface area contributed by atoms with E-state index >= 15 is 0 Å². The van der Waals surface area contributed by atoms with Gasteiger partial charge in [0.25, 0.3) is 0 Å². The zero-order valence-corrected chi connectivity index (χ0v) is 12.7. The van der Waals surface area contributed by atoms with Gasteiger partial charge in [-0.15, -0.1) is 0 Å². The quantitative estimate of drug-likeness (QED) is 0.839. The SMILES string of the molecule is CCNC(c1c(F)ccc(C)c1F)C1CCCC(C)C1. The van der Waals surface area contributed by atoms with Crippen LogP contribution in [-0.2, 0) is 0 Å². The van der Waals surface area contributed by atoms with E-state index in [0.717, 1.165) is 25.8 Å². The normalized spacial score (nSPS) is 24.6.